The molecule has 0 spiro atoms. The van der Waals surface area contributed by atoms with Crippen LogP contribution in [-0.2, 0) is 11.3 Å². The first-order chi connectivity index (χ1) is 11.7. The lowest BCUT2D eigenvalue weighted by Crippen LogP contribution is -2.26. The number of nitrogens with one attached hydrogen (secondary N) is 1. The van der Waals surface area contributed by atoms with Gasteiger partial charge in [0.15, 0.2) is 5.96 Å². The Morgan fingerprint density at radius 2 is 2.00 bits per heavy atom. The van der Waals surface area contributed by atoms with Gasteiger partial charge in [0, 0.05) is 38.2 Å². The van der Waals surface area contributed by atoms with Crippen molar-refractivity contribution in [2.24, 2.45) is 16.6 Å². The Morgan fingerprint density at radius 3 is 2.72 bits per heavy atom. The minimum atomic E-state index is 0. The third-order valence-corrected chi connectivity index (χ3v) is 3.95. The third kappa shape index (κ3) is 5.70. The van der Waals surface area contributed by atoms with E-state index in [0.29, 0.717) is 37.8 Å². The van der Waals surface area contributed by atoms with E-state index in [1.165, 1.54) is 0 Å². The fourth-order valence-corrected chi connectivity index (χ4v) is 2.77. The van der Waals surface area contributed by atoms with Crippen molar-refractivity contribution < 1.29 is 4.79 Å². The van der Waals surface area contributed by atoms with E-state index in [2.05, 4.69) is 15.3 Å². The number of carbonyl (C=O) groups excluding carboxylic acids is 1. The zero-order valence-corrected chi connectivity index (χ0v) is 16.2. The minimum Gasteiger partial charge on any atom is -0.370 e. The van der Waals surface area contributed by atoms with Crippen molar-refractivity contribution >= 4 is 41.7 Å². The molecule has 0 aliphatic carbocycles. The van der Waals surface area contributed by atoms with E-state index in [-0.39, 0.29) is 35.8 Å². The number of hydrogen-bond acceptors (Lipinski definition) is 3. The van der Waals surface area contributed by atoms with E-state index in [9.17, 15) is 4.79 Å². The van der Waals surface area contributed by atoms with Gasteiger partial charge in [0.25, 0.3) is 0 Å². The fourth-order valence-electron chi connectivity index (χ4n) is 2.77. The van der Waals surface area contributed by atoms with Crippen LogP contribution in [0.1, 0.15) is 12.0 Å². The highest BCUT2D eigenvalue weighted by Crippen LogP contribution is 2.20. The lowest BCUT2D eigenvalue weighted by atomic mass is 10.1. The summed E-state index contributed by atoms with van der Waals surface area (Å²) >= 11 is 0. The summed E-state index contributed by atoms with van der Waals surface area (Å²) in [4.78, 5) is 22.5. The average molecular weight is 451 g/mol. The predicted octanol–water partition coefficient (Wildman–Crippen LogP) is 2.47. The van der Waals surface area contributed by atoms with Gasteiger partial charge in [-0.25, -0.2) is 4.98 Å². The van der Waals surface area contributed by atoms with E-state index in [0.717, 1.165) is 5.56 Å². The van der Waals surface area contributed by atoms with Crippen LogP contribution in [0.3, 0.4) is 0 Å². The number of carbonyl (C=O) groups is 1. The van der Waals surface area contributed by atoms with Gasteiger partial charge in [0.05, 0.1) is 0 Å². The SMILES string of the molecule is I.NC(=NCC1CC(=O)N(Cc2ccccc2)C1)Nc1ccccn1. The zero-order chi connectivity index (χ0) is 16.8. The molecule has 1 unspecified atom stereocenters. The van der Waals surface area contributed by atoms with Gasteiger partial charge < -0.3 is 16.0 Å². The molecule has 25 heavy (non-hydrogen) atoms. The van der Waals surface area contributed by atoms with E-state index >= 15 is 0 Å². The Morgan fingerprint density at radius 1 is 1.24 bits per heavy atom. The first-order valence-electron chi connectivity index (χ1n) is 8.00. The Labute approximate surface area is 164 Å². The molecule has 0 radical (unpaired) electrons. The number of rotatable bonds is 5. The normalized spacial score (nSPS) is 17.3. The second-order valence-electron chi connectivity index (χ2n) is 5.90. The predicted molar refractivity (Wildman–Crippen MR) is 110 cm³/mol. The Kier molecular flexibility index (Phi) is 7.17. The van der Waals surface area contributed by atoms with Crippen LogP contribution in [0.15, 0.2) is 59.7 Å². The Balaban J connectivity index is 0.00000225. The lowest BCUT2D eigenvalue weighted by Gasteiger charge is -2.16. The summed E-state index contributed by atoms with van der Waals surface area (Å²) in [5, 5.41) is 2.95. The summed E-state index contributed by atoms with van der Waals surface area (Å²) in [5.74, 6) is 1.36. The maximum Gasteiger partial charge on any atom is 0.223 e. The average Bonchev–Trinajstić information content (AvgIpc) is 2.95. The number of anilines is 1. The number of nitrogens with two attached hydrogens (primary N) is 1. The zero-order valence-electron chi connectivity index (χ0n) is 13.8. The van der Waals surface area contributed by atoms with Gasteiger partial charge in [0.2, 0.25) is 5.91 Å². The van der Waals surface area contributed by atoms with Crippen LogP contribution >= 0.6 is 24.0 Å². The van der Waals surface area contributed by atoms with E-state index in [1.807, 2.05) is 53.4 Å². The quantitative estimate of drug-likeness (QED) is 0.416. The van der Waals surface area contributed by atoms with E-state index in [1.54, 1.807) is 6.20 Å². The summed E-state index contributed by atoms with van der Waals surface area (Å²) in [6.45, 7) is 1.90. The molecule has 1 amide bonds. The topological polar surface area (TPSA) is 83.6 Å². The highest BCUT2D eigenvalue weighted by atomic mass is 127. The van der Waals surface area contributed by atoms with Crippen molar-refractivity contribution in [2.75, 3.05) is 18.4 Å². The molecule has 1 aromatic carbocycles. The summed E-state index contributed by atoms with van der Waals surface area (Å²) in [5.41, 5.74) is 7.02. The summed E-state index contributed by atoms with van der Waals surface area (Å²) in [6, 6.07) is 15.6. The van der Waals surface area contributed by atoms with E-state index in [4.69, 9.17) is 5.73 Å². The van der Waals surface area contributed by atoms with Crippen molar-refractivity contribution in [3.63, 3.8) is 0 Å². The molecule has 1 aromatic heterocycles. The van der Waals surface area contributed by atoms with Crippen LogP contribution in [0.25, 0.3) is 0 Å². The molecule has 2 heterocycles. The molecule has 3 rings (SSSR count). The molecule has 6 nitrogen and oxygen atoms in total. The molecule has 1 aliphatic rings. The van der Waals surface area contributed by atoms with Gasteiger partial charge >= 0.3 is 0 Å². The van der Waals surface area contributed by atoms with Gasteiger partial charge in [-0.05, 0) is 17.7 Å². The lowest BCUT2D eigenvalue weighted by molar-refractivity contribution is -0.128. The molecular formula is C18H22IN5O. The number of hydrogen-bond donors (Lipinski definition) is 2. The largest absolute Gasteiger partial charge is 0.370 e. The third-order valence-electron chi connectivity index (χ3n) is 3.95. The Hall–Kier alpha value is -2.16. The van der Waals surface area contributed by atoms with Crippen molar-refractivity contribution in [3.8, 4) is 0 Å². The first kappa shape index (κ1) is 19.2. The number of pyridine rings is 1. The number of likely N-dealkylation sites (tertiary alicyclic amines) is 1. The second-order valence-corrected chi connectivity index (χ2v) is 5.90. The Bertz CT molecular complexity index is 708. The highest BCUT2D eigenvalue weighted by molar-refractivity contribution is 14.0. The fraction of sp³-hybridized carbons (Fsp3) is 0.278. The molecular weight excluding hydrogens is 429 g/mol. The smallest absolute Gasteiger partial charge is 0.223 e. The number of halogens is 1. The molecule has 132 valence electrons. The van der Waals surface area contributed by atoms with E-state index < -0.39 is 0 Å². The molecule has 1 saturated heterocycles. The summed E-state index contributed by atoms with van der Waals surface area (Å²) < 4.78 is 0. The van der Waals surface area contributed by atoms with Crippen molar-refractivity contribution in [1.82, 2.24) is 9.88 Å². The molecule has 7 heteroatoms. The minimum absolute atomic E-state index is 0. The van der Waals surface area contributed by atoms with Crippen molar-refractivity contribution in [1.29, 1.82) is 0 Å². The maximum absolute atomic E-state index is 12.1. The van der Waals surface area contributed by atoms with Gasteiger partial charge in [-0.2, -0.15) is 0 Å². The number of nitrogens with zero attached hydrogens (tertiary/aromatic N) is 3. The van der Waals surface area contributed by atoms with Crippen LogP contribution in [-0.4, -0.2) is 34.8 Å². The number of aliphatic imine (C=N–C) groups is 1. The molecule has 0 saturated carbocycles. The monoisotopic (exact) mass is 451 g/mol. The first-order valence-corrected chi connectivity index (χ1v) is 8.00. The molecule has 1 atom stereocenters. The van der Waals surface area contributed by atoms with Crippen LogP contribution in [0.2, 0.25) is 0 Å². The highest BCUT2D eigenvalue weighted by Gasteiger charge is 2.29. The standard InChI is InChI=1S/C18H21N5O.HI/c19-18(22-16-8-4-5-9-20-16)21-11-15-10-17(24)23(13-15)12-14-6-2-1-3-7-14;/h1-9,15H,10-13H2,(H3,19,20,21,22);1H. The number of guanidine groups is 1. The molecule has 1 fully saturated rings. The van der Waals surface area contributed by atoms with Gasteiger partial charge in [0.1, 0.15) is 5.82 Å². The summed E-state index contributed by atoms with van der Waals surface area (Å²) in [6.07, 6.45) is 2.21. The van der Waals surface area contributed by atoms with Crippen LogP contribution < -0.4 is 11.1 Å². The maximum atomic E-state index is 12.1. The van der Waals surface area contributed by atoms with Crippen molar-refractivity contribution in [2.45, 2.75) is 13.0 Å². The van der Waals surface area contributed by atoms with Crippen LogP contribution in [0, 0.1) is 5.92 Å². The molecule has 2 aromatic rings. The van der Waals surface area contributed by atoms with Gasteiger partial charge in [-0.15, -0.1) is 24.0 Å². The molecule has 1 aliphatic heterocycles. The number of benzene rings is 1. The van der Waals surface area contributed by atoms with Crippen molar-refractivity contribution in [3.05, 3.63) is 60.3 Å². The number of amides is 1. The second kappa shape index (κ2) is 9.36. The van der Waals surface area contributed by atoms with Crippen LogP contribution in [0.4, 0.5) is 5.82 Å². The van der Waals surface area contributed by atoms with Gasteiger partial charge in [-0.1, -0.05) is 36.4 Å². The summed E-state index contributed by atoms with van der Waals surface area (Å²) in [7, 11) is 0. The van der Waals surface area contributed by atoms with Crippen LogP contribution in [0.5, 0.6) is 0 Å². The molecule has 3 N–H and O–H groups in total. The number of aromatic nitrogens is 1. The molecule has 0 bridgehead atoms. The van der Waals surface area contributed by atoms with Gasteiger partial charge in [-0.3, -0.25) is 9.79 Å².